The van der Waals surface area contributed by atoms with Gasteiger partial charge in [0.15, 0.2) is 0 Å². The van der Waals surface area contributed by atoms with Crippen LogP contribution in [-0.2, 0) is 0 Å². The van der Waals surface area contributed by atoms with E-state index in [0.29, 0.717) is 6.37 Å². The van der Waals surface area contributed by atoms with Gasteiger partial charge in [-0.2, -0.15) is 5.10 Å². The summed E-state index contributed by atoms with van der Waals surface area (Å²) in [5, 5.41) is 6.04. The van der Waals surface area contributed by atoms with E-state index >= 15 is 0 Å². The number of nitrogens with zero attached hydrogens (tertiary/aromatic N) is 2. The van der Waals surface area contributed by atoms with Gasteiger partial charge < -0.3 is 0 Å². The van der Waals surface area contributed by atoms with Crippen LogP contribution < -0.4 is 0 Å². The number of rotatable bonds is 1. The summed E-state index contributed by atoms with van der Waals surface area (Å²) in [6.07, 6.45) is 2.45. The molecule has 6 heteroatoms. The number of hydrogen-bond acceptors (Lipinski definition) is 1. The number of hydrogen-bond donors (Lipinski definition) is 0. The van der Waals surface area contributed by atoms with Crippen molar-refractivity contribution in [3.63, 3.8) is 0 Å². The van der Waals surface area contributed by atoms with Crippen molar-refractivity contribution < 1.29 is 0 Å². The molecule has 1 aromatic carbocycles. The maximum absolute atomic E-state index is 5.96. The summed E-state index contributed by atoms with van der Waals surface area (Å²) in [7, 11) is 0. The van der Waals surface area contributed by atoms with E-state index in [1.807, 2.05) is 22.8 Å². The van der Waals surface area contributed by atoms with E-state index in [-0.39, 0.29) is 0 Å². The minimum absolute atomic E-state index is 0.613. The van der Waals surface area contributed by atoms with Crippen molar-refractivity contribution in [3.8, 4) is 0 Å². The molecule has 1 atom stereocenters. The molecular formula is C7H4BrClIN2P. The SMILES string of the molecule is Clc1cc2cnn(PI)c2cc1Br. The Morgan fingerprint density at radius 1 is 1.54 bits per heavy atom. The highest BCUT2D eigenvalue weighted by molar-refractivity contribution is 14.2. The summed E-state index contributed by atoms with van der Waals surface area (Å²) >= 11 is 11.6. The van der Waals surface area contributed by atoms with E-state index in [0.717, 1.165) is 20.4 Å². The Balaban J connectivity index is 2.77. The van der Waals surface area contributed by atoms with Crippen LogP contribution in [0.2, 0.25) is 5.02 Å². The summed E-state index contributed by atoms with van der Waals surface area (Å²) in [6.45, 7) is 0. The molecule has 0 fully saturated rings. The first kappa shape index (κ1) is 10.1. The Morgan fingerprint density at radius 3 is 3.00 bits per heavy atom. The van der Waals surface area contributed by atoms with Gasteiger partial charge in [-0.3, -0.25) is 0 Å². The fraction of sp³-hybridized carbons (Fsp3) is 0. The van der Waals surface area contributed by atoms with Gasteiger partial charge in [0.25, 0.3) is 0 Å². The number of benzene rings is 1. The molecule has 0 saturated carbocycles. The number of halogens is 3. The molecule has 13 heavy (non-hydrogen) atoms. The fourth-order valence-electron chi connectivity index (χ4n) is 1.09. The first-order chi connectivity index (χ1) is 6.22. The van der Waals surface area contributed by atoms with Gasteiger partial charge in [-0.05, 0) is 50.1 Å². The molecule has 0 bridgehead atoms. The molecule has 1 unspecified atom stereocenters. The maximum Gasteiger partial charge on any atom is 0.0741 e. The molecular weight excluding hydrogens is 385 g/mol. The van der Waals surface area contributed by atoms with Crippen molar-refractivity contribution in [2.45, 2.75) is 0 Å². The Bertz CT molecular complexity index is 459. The van der Waals surface area contributed by atoms with E-state index in [1.54, 1.807) is 0 Å². The van der Waals surface area contributed by atoms with E-state index in [4.69, 9.17) is 11.6 Å². The van der Waals surface area contributed by atoms with Crippen molar-refractivity contribution in [1.29, 1.82) is 0 Å². The molecule has 0 aliphatic carbocycles. The van der Waals surface area contributed by atoms with Gasteiger partial charge in [-0.15, -0.1) is 0 Å². The van der Waals surface area contributed by atoms with Crippen LogP contribution in [0.3, 0.4) is 0 Å². The van der Waals surface area contributed by atoms with Gasteiger partial charge in [-0.25, -0.2) is 4.45 Å². The monoisotopic (exact) mass is 388 g/mol. The molecule has 0 amide bonds. The Kier molecular flexibility index (Phi) is 3.13. The average Bonchev–Trinajstić information content (AvgIpc) is 2.48. The Morgan fingerprint density at radius 2 is 2.31 bits per heavy atom. The molecule has 68 valence electrons. The van der Waals surface area contributed by atoms with Crippen LogP contribution in [0.5, 0.6) is 0 Å². The highest BCUT2D eigenvalue weighted by Gasteiger charge is 2.05. The third-order valence-electron chi connectivity index (χ3n) is 1.69. The van der Waals surface area contributed by atoms with Crippen LogP contribution >= 0.6 is 55.9 Å². The summed E-state index contributed by atoms with van der Waals surface area (Å²) in [5.74, 6) is 0. The average molecular weight is 389 g/mol. The van der Waals surface area contributed by atoms with Crippen LogP contribution in [0.25, 0.3) is 10.9 Å². The molecule has 0 spiro atoms. The molecule has 1 heterocycles. The summed E-state index contributed by atoms with van der Waals surface area (Å²) < 4.78 is 2.87. The molecule has 0 aliphatic heterocycles. The molecule has 0 N–H and O–H groups in total. The van der Waals surface area contributed by atoms with Crippen LogP contribution in [0.1, 0.15) is 0 Å². The zero-order chi connectivity index (χ0) is 9.42. The third kappa shape index (κ3) is 1.87. The summed E-state index contributed by atoms with van der Waals surface area (Å²) in [5.41, 5.74) is 1.11. The van der Waals surface area contributed by atoms with E-state index in [9.17, 15) is 0 Å². The first-order valence-electron chi connectivity index (χ1n) is 3.42. The highest BCUT2D eigenvalue weighted by Crippen LogP contribution is 2.33. The predicted molar refractivity (Wildman–Crippen MR) is 70.2 cm³/mol. The quantitative estimate of drug-likeness (QED) is 0.527. The van der Waals surface area contributed by atoms with Crippen molar-refractivity contribution >= 4 is 66.8 Å². The van der Waals surface area contributed by atoms with Gasteiger partial charge in [0.05, 0.1) is 23.1 Å². The summed E-state index contributed by atoms with van der Waals surface area (Å²) in [6, 6.07) is 3.91. The standard InChI is InChI=1S/C7H4BrClIN2P/c8-5-2-7-4(1-6(5)9)3-11-12(7)13-10/h1-3,13H. The van der Waals surface area contributed by atoms with E-state index < -0.39 is 0 Å². The molecule has 0 radical (unpaired) electrons. The predicted octanol–water partition coefficient (Wildman–Crippen LogP) is 4.24. The lowest BCUT2D eigenvalue weighted by Crippen LogP contribution is -1.81. The lowest BCUT2D eigenvalue weighted by Gasteiger charge is -1.99. The molecule has 1 aromatic heterocycles. The smallest absolute Gasteiger partial charge is 0.0741 e. The topological polar surface area (TPSA) is 17.8 Å². The van der Waals surface area contributed by atoms with E-state index in [2.05, 4.69) is 43.1 Å². The van der Waals surface area contributed by atoms with Crippen molar-refractivity contribution in [2.24, 2.45) is 0 Å². The van der Waals surface area contributed by atoms with E-state index in [1.165, 1.54) is 0 Å². The van der Waals surface area contributed by atoms with Gasteiger partial charge in [0, 0.05) is 9.86 Å². The Labute approximate surface area is 103 Å². The normalized spacial score (nSPS) is 11.9. The van der Waals surface area contributed by atoms with Crippen LogP contribution in [0, 0.1) is 0 Å². The van der Waals surface area contributed by atoms with Gasteiger partial charge in [0.1, 0.15) is 0 Å². The molecule has 2 rings (SSSR count). The lowest BCUT2D eigenvalue weighted by molar-refractivity contribution is 1.04. The second kappa shape index (κ2) is 4.01. The second-order valence-corrected chi connectivity index (χ2v) is 5.77. The van der Waals surface area contributed by atoms with Crippen LogP contribution in [0.4, 0.5) is 0 Å². The zero-order valence-corrected chi connectivity index (χ0v) is 11.8. The van der Waals surface area contributed by atoms with Crippen LogP contribution in [0.15, 0.2) is 22.8 Å². The maximum atomic E-state index is 5.96. The Hall–Kier alpha value is 0.620. The van der Waals surface area contributed by atoms with Gasteiger partial charge in [-0.1, -0.05) is 11.6 Å². The number of fused-ring (bicyclic) bond motifs is 1. The second-order valence-electron chi connectivity index (χ2n) is 2.47. The minimum Gasteiger partial charge on any atom is -0.237 e. The molecule has 0 aliphatic rings. The van der Waals surface area contributed by atoms with Crippen molar-refractivity contribution in [2.75, 3.05) is 0 Å². The van der Waals surface area contributed by atoms with Gasteiger partial charge >= 0.3 is 0 Å². The zero-order valence-electron chi connectivity index (χ0n) is 6.26. The van der Waals surface area contributed by atoms with Crippen LogP contribution in [-0.4, -0.2) is 9.55 Å². The van der Waals surface area contributed by atoms with Crippen molar-refractivity contribution in [3.05, 3.63) is 27.8 Å². The minimum atomic E-state index is 0.613. The first-order valence-corrected chi connectivity index (χ1v) is 8.65. The van der Waals surface area contributed by atoms with Gasteiger partial charge in [0.2, 0.25) is 0 Å². The molecule has 2 nitrogen and oxygen atoms in total. The largest absolute Gasteiger partial charge is 0.237 e. The number of aromatic nitrogens is 2. The third-order valence-corrected chi connectivity index (χ3v) is 4.77. The summed E-state index contributed by atoms with van der Waals surface area (Å²) in [4.78, 5) is 0. The molecule has 0 saturated heterocycles. The molecule has 2 aromatic rings. The van der Waals surface area contributed by atoms with Crippen molar-refractivity contribution in [1.82, 2.24) is 9.55 Å². The fourth-order valence-corrected chi connectivity index (χ4v) is 3.13. The lowest BCUT2D eigenvalue weighted by atomic mass is 10.3. The highest BCUT2D eigenvalue weighted by atomic mass is 127.